The van der Waals surface area contributed by atoms with Crippen LogP contribution in [0.3, 0.4) is 0 Å². The quantitative estimate of drug-likeness (QED) is 0.687. The van der Waals surface area contributed by atoms with Crippen LogP contribution in [0.1, 0.15) is 44.9 Å². The van der Waals surface area contributed by atoms with Crippen molar-refractivity contribution in [2.24, 2.45) is 7.05 Å². The summed E-state index contributed by atoms with van der Waals surface area (Å²) in [7, 11) is 1.73. The molecule has 1 atom stereocenters. The van der Waals surface area contributed by atoms with Crippen LogP contribution >= 0.6 is 0 Å². The molecule has 0 radical (unpaired) electrons. The van der Waals surface area contributed by atoms with Gasteiger partial charge in [0.1, 0.15) is 0 Å². The highest BCUT2D eigenvalue weighted by Gasteiger charge is 2.09. The number of rotatable bonds is 7. The number of unbranched alkanes of at least 4 members (excludes halogenated alkanes) is 3. The molecule has 1 heterocycles. The lowest BCUT2D eigenvalue weighted by molar-refractivity contribution is 0.158. The number of aromatic nitrogens is 4. The molecule has 0 aromatic carbocycles. The zero-order valence-electron chi connectivity index (χ0n) is 9.56. The number of hydrogen-bond donors (Lipinski definition) is 1. The maximum absolute atomic E-state index is 9.69. The molecule has 1 aromatic heterocycles. The fourth-order valence-corrected chi connectivity index (χ4v) is 1.52. The second-order valence-electron chi connectivity index (χ2n) is 3.90. The first-order chi connectivity index (χ1) is 7.22. The van der Waals surface area contributed by atoms with Crippen molar-refractivity contribution in [3.63, 3.8) is 0 Å². The second-order valence-corrected chi connectivity index (χ2v) is 3.90. The van der Waals surface area contributed by atoms with Gasteiger partial charge in [0.25, 0.3) is 0 Å². The van der Waals surface area contributed by atoms with E-state index in [1.54, 1.807) is 7.05 Å². The molecule has 5 heteroatoms. The van der Waals surface area contributed by atoms with E-state index < -0.39 is 0 Å². The van der Waals surface area contributed by atoms with Crippen LogP contribution in [0, 0.1) is 0 Å². The van der Waals surface area contributed by atoms with Crippen LogP contribution in [-0.4, -0.2) is 31.4 Å². The Balaban J connectivity index is 2.15. The minimum atomic E-state index is -0.328. The molecule has 1 rings (SSSR count). The molecule has 1 aromatic rings. The summed E-state index contributed by atoms with van der Waals surface area (Å²) < 4.78 is 0. The van der Waals surface area contributed by atoms with Gasteiger partial charge in [0.15, 0.2) is 5.82 Å². The first kappa shape index (κ1) is 12.1. The Hall–Kier alpha value is -0.970. The summed E-state index contributed by atoms with van der Waals surface area (Å²) in [4.78, 5) is 1.42. The van der Waals surface area contributed by atoms with Gasteiger partial charge >= 0.3 is 0 Å². The molecular formula is C10H20N4O. The van der Waals surface area contributed by atoms with Gasteiger partial charge in [-0.2, -0.15) is 4.80 Å². The van der Waals surface area contributed by atoms with E-state index in [2.05, 4.69) is 22.3 Å². The smallest absolute Gasteiger partial charge is 0.177 e. The standard InChI is InChI=1S/C10H20N4O/c1-3-4-5-6-7-9(15)8-10-11-13-14(2)12-10/h9,15H,3-8H2,1-2H3. The van der Waals surface area contributed by atoms with E-state index in [1.807, 2.05) is 0 Å². The van der Waals surface area contributed by atoms with Gasteiger partial charge in [-0.3, -0.25) is 0 Å². The molecule has 0 aliphatic rings. The summed E-state index contributed by atoms with van der Waals surface area (Å²) >= 11 is 0. The minimum Gasteiger partial charge on any atom is -0.393 e. The average Bonchev–Trinajstić information content (AvgIpc) is 2.59. The van der Waals surface area contributed by atoms with Crippen LogP contribution in [0.15, 0.2) is 0 Å². The fraction of sp³-hybridized carbons (Fsp3) is 0.900. The third-order valence-corrected chi connectivity index (χ3v) is 2.36. The van der Waals surface area contributed by atoms with E-state index in [0.29, 0.717) is 12.2 Å². The van der Waals surface area contributed by atoms with E-state index in [-0.39, 0.29) is 6.10 Å². The molecule has 1 unspecified atom stereocenters. The molecule has 0 aliphatic carbocycles. The van der Waals surface area contributed by atoms with E-state index in [1.165, 1.54) is 24.1 Å². The predicted molar refractivity (Wildman–Crippen MR) is 57.3 cm³/mol. The van der Waals surface area contributed by atoms with Gasteiger partial charge in [0.05, 0.1) is 13.2 Å². The molecule has 0 fully saturated rings. The van der Waals surface area contributed by atoms with Crippen molar-refractivity contribution >= 4 is 0 Å². The van der Waals surface area contributed by atoms with Crippen LogP contribution in [0.2, 0.25) is 0 Å². The number of nitrogens with zero attached hydrogens (tertiary/aromatic N) is 4. The lowest BCUT2D eigenvalue weighted by Gasteiger charge is -2.06. The van der Waals surface area contributed by atoms with Crippen LogP contribution in [0.5, 0.6) is 0 Å². The highest BCUT2D eigenvalue weighted by Crippen LogP contribution is 2.07. The third-order valence-electron chi connectivity index (χ3n) is 2.36. The monoisotopic (exact) mass is 212 g/mol. The van der Waals surface area contributed by atoms with Crippen molar-refractivity contribution in [3.8, 4) is 0 Å². The third kappa shape index (κ3) is 4.88. The first-order valence-corrected chi connectivity index (χ1v) is 5.63. The molecule has 0 bridgehead atoms. The van der Waals surface area contributed by atoms with Crippen molar-refractivity contribution in [2.45, 2.75) is 51.6 Å². The van der Waals surface area contributed by atoms with Crippen molar-refractivity contribution in [1.82, 2.24) is 20.2 Å². The Kier molecular flexibility index (Phi) is 5.25. The van der Waals surface area contributed by atoms with Crippen LogP contribution in [0.25, 0.3) is 0 Å². The summed E-state index contributed by atoms with van der Waals surface area (Å²) in [5.41, 5.74) is 0. The summed E-state index contributed by atoms with van der Waals surface area (Å²) in [5.74, 6) is 0.625. The van der Waals surface area contributed by atoms with E-state index in [9.17, 15) is 5.11 Å². The van der Waals surface area contributed by atoms with Crippen molar-refractivity contribution in [3.05, 3.63) is 5.82 Å². The molecule has 0 spiro atoms. The number of aliphatic hydroxyl groups is 1. The van der Waals surface area contributed by atoms with Gasteiger partial charge in [-0.15, -0.1) is 10.2 Å². The zero-order valence-corrected chi connectivity index (χ0v) is 9.56. The van der Waals surface area contributed by atoms with Crippen molar-refractivity contribution in [1.29, 1.82) is 0 Å². The molecule has 86 valence electrons. The first-order valence-electron chi connectivity index (χ1n) is 5.63. The summed E-state index contributed by atoms with van der Waals surface area (Å²) in [6, 6.07) is 0. The highest BCUT2D eigenvalue weighted by molar-refractivity contribution is 4.80. The number of aliphatic hydroxyl groups excluding tert-OH is 1. The molecule has 0 aliphatic heterocycles. The summed E-state index contributed by atoms with van der Waals surface area (Å²) in [5, 5.41) is 21.3. The van der Waals surface area contributed by atoms with E-state index >= 15 is 0 Å². The largest absolute Gasteiger partial charge is 0.393 e. The average molecular weight is 212 g/mol. The normalized spacial score (nSPS) is 13.0. The maximum atomic E-state index is 9.69. The Morgan fingerprint density at radius 1 is 1.33 bits per heavy atom. The Morgan fingerprint density at radius 3 is 2.73 bits per heavy atom. The van der Waals surface area contributed by atoms with Gasteiger partial charge in [-0.1, -0.05) is 32.6 Å². The number of hydrogen-bond acceptors (Lipinski definition) is 4. The van der Waals surface area contributed by atoms with Crippen molar-refractivity contribution < 1.29 is 5.11 Å². The molecule has 0 saturated heterocycles. The topological polar surface area (TPSA) is 63.8 Å². The Bertz CT molecular complexity index is 274. The Labute approximate surface area is 90.5 Å². The summed E-state index contributed by atoms with van der Waals surface area (Å²) in [6.45, 7) is 2.18. The van der Waals surface area contributed by atoms with E-state index in [4.69, 9.17) is 0 Å². The lowest BCUT2D eigenvalue weighted by Crippen LogP contribution is -2.11. The molecule has 15 heavy (non-hydrogen) atoms. The van der Waals surface area contributed by atoms with Gasteiger partial charge in [-0.05, 0) is 11.6 Å². The Morgan fingerprint density at radius 2 is 2.13 bits per heavy atom. The highest BCUT2D eigenvalue weighted by atomic mass is 16.3. The van der Waals surface area contributed by atoms with Crippen molar-refractivity contribution in [2.75, 3.05) is 0 Å². The molecule has 0 amide bonds. The fourth-order valence-electron chi connectivity index (χ4n) is 1.52. The van der Waals surface area contributed by atoms with Crippen LogP contribution in [-0.2, 0) is 13.5 Å². The second kappa shape index (κ2) is 6.50. The number of tetrazole rings is 1. The van der Waals surface area contributed by atoms with Gasteiger partial charge < -0.3 is 5.11 Å². The predicted octanol–water partition coefficient (Wildman–Crippen LogP) is 1.08. The number of aryl methyl sites for hydroxylation is 1. The summed E-state index contributed by atoms with van der Waals surface area (Å²) in [6.07, 6.45) is 5.76. The van der Waals surface area contributed by atoms with Gasteiger partial charge in [0.2, 0.25) is 0 Å². The molecule has 0 saturated carbocycles. The molecule has 5 nitrogen and oxygen atoms in total. The van der Waals surface area contributed by atoms with Gasteiger partial charge in [-0.25, -0.2) is 0 Å². The van der Waals surface area contributed by atoms with E-state index in [0.717, 1.165) is 12.8 Å². The lowest BCUT2D eigenvalue weighted by atomic mass is 10.1. The molecular weight excluding hydrogens is 192 g/mol. The minimum absolute atomic E-state index is 0.328. The van der Waals surface area contributed by atoms with Crippen LogP contribution < -0.4 is 0 Å². The SMILES string of the molecule is CCCCCCC(O)Cc1nnn(C)n1. The van der Waals surface area contributed by atoms with Crippen LogP contribution in [0.4, 0.5) is 0 Å². The molecule has 1 N–H and O–H groups in total. The van der Waals surface area contributed by atoms with Gasteiger partial charge in [0, 0.05) is 6.42 Å². The zero-order chi connectivity index (χ0) is 11.1. The maximum Gasteiger partial charge on any atom is 0.177 e.